The van der Waals surface area contributed by atoms with Gasteiger partial charge in [-0.15, -0.1) is 0 Å². The van der Waals surface area contributed by atoms with Crippen LogP contribution < -0.4 is 4.74 Å². The molecule has 0 spiro atoms. The minimum absolute atomic E-state index is 0.421. The van der Waals surface area contributed by atoms with Crippen molar-refractivity contribution in [3.8, 4) is 5.75 Å². The van der Waals surface area contributed by atoms with E-state index < -0.39 is 37.1 Å². The summed E-state index contributed by atoms with van der Waals surface area (Å²) in [6, 6.07) is 13.0. The van der Waals surface area contributed by atoms with Crippen molar-refractivity contribution in [2.45, 2.75) is 55.9 Å². The summed E-state index contributed by atoms with van der Waals surface area (Å²) in [5, 5.41) is 40.5. The summed E-state index contributed by atoms with van der Waals surface area (Å²) < 4.78 is 16.9. The Morgan fingerprint density at radius 3 is 2.38 bits per heavy atom. The molecular weight excluding hydrogens is 436 g/mol. The largest absolute Gasteiger partial charge is 0.491 e. The molecule has 32 heavy (non-hydrogen) atoms. The van der Waals surface area contributed by atoms with E-state index in [0.29, 0.717) is 36.3 Å². The van der Waals surface area contributed by atoms with Gasteiger partial charge < -0.3 is 34.6 Å². The minimum atomic E-state index is -1.42. The first-order valence-electron chi connectivity index (χ1n) is 10.9. The van der Waals surface area contributed by atoms with Crippen LogP contribution in [0.5, 0.6) is 5.75 Å². The average molecular weight is 465 g/mol. The van der Waals surface area contributed by atoms with Crippen molar-refractivity contribution < 1.29 is 34.6 Å². The van der Waals surface area contributed by atoms with E-state index in [-0.39, 0.29) is 0 Å². The summed E-state index contributed by atoms with van der Waals surface area (Å²) in [6.45, 7) is 0.638. The van der Waals surface area contributed by atoms with Gasteiger partial charge in [-0.1, -0.05) is 35.9 Å². The summed E-state index contributed by atoms with van der Waals surface area (Å²) >= 11 is 6.40. The number of benzene rings is 2. The molecule has 2 aromatic rings. The molecule has 1 aliphatic heterocycles. The molecular formula is C24H29ClO7. The second kappa shape index (κ2) is 10.5. The van der Waals surface area contributed by atoms with Crippen molar-refractivity contribution in [2.75, 3.05) is 19.8 Å². The Bertz CT molecular complexity index is 884. The lowest BCUT2D eigenvalue weighted by atomic mass is 9.90. The molecule has 0 unspecified atom stereocenters. The van der Waals surface area contributed by atoms with Crippen LogP contribution in [0, 0.1) is 0 Å². The fraction of sp³-hybridized carbons (Fsp3) is 0.500. The van der Waals surface area contributed by atoms with Crippen LogP contribution in [0.25, 0.3) is 0 Å². The number of ether oxygens (including phenoxy) is 3. The zero-order valence-corrected chi connectivity index (χ0v) is 18.4. The molecule has 8 heteroatoms. The van der Waals surface area contributed by atoms with E-state index in [4.69, 9.17) is 25.8 Å². The van der Waals surface area contributed by atoms with Gasteiger partial charge in [-0.2, -0.15) is 0 Å². The van der Waals surface area contributed by atoms with Gasteiger partial charge in [0.25, 0.3) is 0 Å². The van der Waals surface area contributed by atoms with Crippen LogP contribution in [0.15, 0.2) is 42.5 Å². The van der Waals surface area contributed by atoms with Crippen LogP contribution in [0.2, 0.25) is 5.02 Å². The van der Waals surface area contributed by atoms with Crippen LogP contribution in [0.4, 0.5) is 0 Å². The van der Waals surface area contributed by atoms with Gasteiger partial charge in [0.1, 0.15) is 42.9 Å². The Kier molecular flexibility index (Phi) is 7.68. The number of hydrogen-bond donors (Lipinski definition) is 4. The third-order valence-electron chi connectivity index (χ3n) is 5.84. The van der Waals surface area contributed by atoms with Gasteiger partial charge >= 0.3 is 0 Å². The molecule has 1 saturated carbocycles. The molecule has 0 aromatic heterocycles. The lowest BCUT2D eigenvalue weighted by Gasteiger charge is -2.40. The van der Waals surface area contributed by atoms with Crippen LogP contribution >= 0.6 is 11.6 Å². The minimum Gasteiger partial charge on any atom is -0.491 e. The zero-order valence-electron chi connectivity index (χ0n) is 17.6. The smallest absolute Gasteiger partial charge is 0.119 e. The predicted molar refractivity (Wildman–Crippen MR) is 118 cm³/mol. The second-order valence-corrected chi connectivity index (χ2v) is 8.75. The zero-order chi connectivity index (χ0) is 22.7. The number of rotatable bonds is 9. The number of hydrogen-bond acceptors (Lipinski definition) is 7. The van der Waals surface area contributed by atoms with Crippen molar-refractivity contribution in [2.24, 2.45) is 0 Å². The van der Waals surface area contributed by atoms with Gasteiger partial charge in [-0.05, 0) is 54.2 Å². The number of aliphatic hydroxyl groups is 4. The number of aliphatic hydroxyl groups excluding tert-OH is 4. The highest BCUT2D eigenvalue weighted by molar-refractivity contribution is 6.31. The molecule has 7 nitrogen and oxygen atoms in total. The van der Waals surface area contributed by atoms with Gasteiger partial charge in [0, 0.05) is 5.02 Å². The fourth-order valence-corrected chi connectivity index (χ4v) is 4.00. The van der Waals surface area contributed by atoms with Gasteiger partial charge in [0.05, 0.1) is 19.3 Å². The first kappa shape index (κ1) is 23.4. The monoisotopic (exact) mass is 464 g/mol. The maximum atomic E-state index is 10.4. The molecule has 1 heterocycles. The van der Waals surface area contributed by atoms with Crippen LogP contribution in [-0.4, -0.2) is 70.8 Å². The van der Waals surface area contributed by atoms with E-state index in [0.717, 1.165) is 29.7 Å². The van der Waals surface area contributed by atoms with Crippen molar-refractivity contribution in [3.63, 3.8) is 0 Å². The van der Waals surface area contributed by atoms with E-state index in [2.05, 4.69) is 0 Å². The van der Waals surface area contributed by atoms with Crippen LogP contribution in [-0.2, 0) is 15.9 Å². The molecule has 5 atom stereocenters. The predicted octanol–water partition coefficient (Wildman–Crippen LogP) is 2.00. The van der Waals surface area contributed by atoms with Crippen LogP contribution in [0.1, 0.15) is 35.6 Å². The molecule has 0 amide bonds. The van der Waals surface area contributed by atoms with E-state index in [9.17, 15) is 20.4 Å². The van der Waals surface area contributed by atoms with Crippen molar-refractivity contribution in [3.05, 3.63) is 64.2 Å². The van der Waals surface area contributed by atoms with E-state index in [1.165, 1.54) is 0 Å². The fourth-order valence-electron chi connectivity index (χ4n) is 3.82. The normalized spacial score (nSPS) is 28.0. The highest BCUT2D eigenvalue weighted by Crippen LogP contribution is 2.34. The molecule has 2 fully saturated rings. The molecule has 174 valence electrons. The third-order valence-corrected chi connectivity index (χ3v) is 6.21. The molecule has 4 rings (SSSR count). The summed E-state index contributed by atoms with van der Waals surface area (Å²) in [5.41, 5.74) is 2.46. The topological polar surface area (TPSA) is 109 Å². The van der Waals surface area contributed by atoms with E-state index >= 15 is 0 Å². The molecule has 1 aliphatic carbocycles. The summed E-state index contributed by atoms with van der Waals surface area (Å²) in [6.07, 6.45) is -2.73. The lowest BCUT2D eigenvalue weighted by molar-refractivity contribution is -0.231. The Labute approximate surface area is 192 Å². The molecule has 0 radical (unpaired) electrons. The van der Waals surface area contributed by atoms with E-state index in [1.807, 2.05) is 30.3 Å². The molecule has 0 bridgehead atoms. The standard InChI is InChI=1S/C24H29ClO7/c25-19-8-3-15(24-23(29)22(28)21(27)20(13-26)32-24)12-16(19)11-14-1-4-17(5-2-14)30-9-10-31-18-6-7-18/h1-5,8,12,18,20-24,26-29H,6-7,9-11,13H2/t20-,21+,22+,23+,24+/m1/s1. The first-order chi connectivity index (χ1) is 15.5. The third kappa shape index (κ3) is 5.61. The second-order valence-electron chi connectivity index (χ2n) is 8.34. The molecule has 1 saturated heterocycles. The molecule has 2 aromatic carbocycles. The maximum Gasteiger partial charge on any atom is 0.119 e. The SMILES string of the molecule is OC[C@H]1O[C@@H](c2ccc(Cl)c(Cc3ccc(OCCOC4CC4)cc3)c2)[C@@H](O)[C@@H](O)[C@H]1O. The molecule has 2 aliphatic rings. The Morgan fingerprint density at radius 2 is 1.69 bits per heavy atom. The Hall–Kier alpha value is -1.71. The van der Waals surface area contributed by atoms with Gasteiger partial charge in [0.15, 0.2) is 0 Å². The highest BCUT2D eigenvalue weighted by atomic mass is 35.5. The summed E-state index contributed by atoms with van der Waals surface area (Å²) in [7, 11) is 0. The first-order valence-corrected chi connectivity index (χ1v) is 11.3. The van der Waals surface area contributed by atoms with Crippen molar-refractivity contribution in [1.29, 1.82) is 0 Å². The van der Waals surface area contributed by atoms with Gasteiger partial charge in [0.2, 0.25) is 0 Å². The van der Waals surface area contributed by atoms with Gasteiger partial charge in [-0.25, -0.2) is 0 Å². The summed E-state index contributed by atoms with van der Waals surface area (Å²) in [4.78, 5) is 0. The lowest BCUT2D eigenvalue weighted by Crippen LogP contribution is -2.55. The highest BCUT2D eigenvalue weighted by Gasteiger charge is 2.44. The van der Waals surface area contributed by atoms with Crippen LogP contribution in [0.3, 0.4) is 0 Å². The van der Waals surface area contributed by atoms with Gasteiger partial charge in [-0.3, -0.25) is 0 Å². The Morgan fingerprint density at radius 1 is 0.938 bits per heavy atom. The van der Waals surface area contributed by atoms with Crippen molar-refractivity contribution in [1.82, 2.24) is 0 Å². The van der Waals surface area contributed by atoms with E-state index in [1.54, 1.807) is 12.1 Å². The summed E-state index contributed by atoms with van der Waals surface area (Å²) in [5.74, 6) is 0.773. The number of halogens is 1. The maximum absolute atomic E-state index is 10.4. The Balaban J connectivity index is 1.41. The van der Waals surface area contributed by atoms with Crippen molar-refractivity contribution >= 4 is 11.6 Å². The quantitative estimate of drug-likeness (QED) is 0.420. The molecule has 4 N–H and O–H groups in total. The average Bonchev–Trinajstić information content (AvgIpc) is 3.63.